The molecular formula is C26H32N4O4. The van der Waals surface area contributed by atoms with Crippen LogP contribution in [-0.4, -0.2) is 68.6 Å². The molecule has 0 saturated carbocycles. The van der Waals surface area contributed by atoms with E-state index in [1.807, 2.05) is 31.2 Å². The predicted octanol–water partition coefficient (Wildman–Crippen LogP) is 2.44. The average Bonchev–Trinajstić information content (AvgIpc) is 3.24. The van der Waals surface area contributed by atoms with Crippen LogP contribution in [0.1, 0.15) is 28.8 Å². The lowest BCUT2D eigenvalue weighted by Crippen LogP contribution is -2.38. The Balaban J connectivity index is 1.32. The van der Waals surface area contributed by atoms with Crippen LogP contribution in [0.15, 0.2) is 48.5 Å². The molecule has 3 amide bonds. The fourth-order valence-corrected chi connectivity index (χ4v) is 4.38. The van der Waals surface area contributed by atoms with Crippen molar-refractivity contribution < 1.29 is 19.1 Å². The van der Waals surface area contributed by atoms with Crippen LogP contribution < -0.4 is 15.5 Å². The predicted molar refractivity (Wildman–Crippen MR) is 131 cm³/mol. The molecule has 34 heavy (non-hydrogen) atoms. The molecular weight excluding hydrogens is 432 g/mol. The van der Waals surface area contributed by atoms with Gasteiger partial charge in [0.15, 0.2) is 0 Å². The van der Waals surface area contributed by atoms with E-state index < -0.39 is 5.92 Å². The molecule has 8 heteroatoms. The van der Waals surface area contributed by atoms with Crippen LogP contribution in [0.25, 0.3) is 0 Å². The number of rotatable bonds is 8. The molecule has 2 saturated heterocycles. The highest BCUT2D eigenvalue weighted by molar-refractivity contribution is 6.07. The summed E-state index contributed by atoms with van der Waals surface area (Å²) in [5, 5.41) is 5.83. The Morgan fingerprint density at radius 3 is 2.68 bits per heavy atom. The molecule has 8 nitrogen and oxygen atoms in total. The molecule has 2 fully saturated rings. The van der Waals surface area contributed by atoms with Crippen molar-refractivity contribution in [1.29, 1.82) is 0 Å². The molecule has 1 atom stereocenters. The smallest absolute Gasteiger partial charge is 0.253 e. The van der Waals surface area contributed by atoms with Gasteiger partial charge in [-0.15, -0.1) is 0 Å². The number of benzene rings is 2. The van der Waals surface area contributed by atoms with Crippen LogP contribution >= 0.6 is 0 Å². The second-order valence-corrected chi connectivity index (χ2v) is 8.84. The fourth-order valence-electron chi connectivity index (χ4n) is 4.38. The summed E-state index contributed by atoms with van der Waals surface area (Å²) in [6.07, 6.45) is 0.995. The van der Waals surface area contributed by atoms with Crippen molar-refractivity contribution in [2.75, 3.05) is 56.2 Å². The first kappa shape index (κ1) is 23.9. The zero-order valence-electron chi connectivity index (χ0n) is 19.6. The SMILES string of the molecule is Cc1cccc(N2C[C@@H](C(=O)Nc3ccccc3C(=O)NCCCN3CCOCC3)CC2=O)c1. The van der Waals surface area contributed by atoms with Gasteiger partial charge in [-0.05, 0) is 49.7 Å². The normalized spacial score (nSPS) is 18.7. The molecule has 0 spiro atoms. The highest BCUT2D eigenvalue weighted by atomic mass is 16.5. The van der Waals surface area contributed by atoms with E-state index in [0.29, 0.717) is 24.3 Å². The Morgan fingerprint density at radius 2 is 1.88 bits per heavy atom. The zero-order chi connectivity index (χ0) is 23.9. The average molecular weight is 465 g/mol. The summed E-state index contributed by atoms with van der Waals surface area (Å²) in [4.78, 5) is 42.3. The van der Waals surface area contributed by atoms with Crippen LogP contribution in [0.2, 0.25) is 0 Å². The zero-order valence-corrected chi connectivity index (χ0v) is 19.6. The quantitative estimate of drug-likeness (QED) is 0.586. The van der Waals surface area contributed by atoms with Gasteiger partial charge >= 0.3 is 0 Å². The summed E-state index contributed by atoms with van der Waals surface area (Å²) in [6, 6.07) is 14.7. The third-order valence-corrected chi connectivity index (χ3v) is 6.28. The molecule has 2 aromatic rings. The number of carbonyl (C=O) groups is 3. The molecule has 2 aromatic carbocycles. The number of aryl methyl sites for hydroxylation is 1. The Labute approximate surface area is 200 Å². The van der Waals surface area contributed by atoms with Gasteiger partial charge in [-0.2, -0.15) is 0 Å². The first-order valence-electron chi connectivity index (χ1n) is 11.9. The van der Waals surface area contributed by atoms with Crippen molar-refractivity contribution in [1.82, 2.24) is 10.2 Å². The van der Waals surface area contributed by atoms with Crippen LogP contribution in [0.3, 0.4) is 0 Å². The molecule has 2 aliphatic heterocycles. The van der Waals surface area contributed by atoms with E-state index in [1.165, 1.54) is 0 Å². The van der Waals surface area contributed by atoms with Gasteiger partial charge in [0.25, 0.3) is 5.91 Å². The van der Waals surface area contributed by atoms with Crippen molar-refractivity contribution in [3.63, 3.8) is 0 Å². The summed E-state index contributed by atoms with van der Waals surface area (Å²) in [7, 11) is 0. The maximum Gasteiger partial charge on any atom is 0.253 e. The Kier molecular flexibility index (Phi) is 7.92. The molecule has 2 heterocycles. The van der Waals surface area contributed by atoms with E-state index in [1.54, 1.807) is 29.2 Å². The lowest BCUT2D eigenvalue weighted by Gasteiger charge is -2.26. The van der Waals surface area contributed by atoms with Gasteiger partial charge in [-0.3, -0.25) is 19.3 Å². The van der Waals surface area contributed by atoms with Crippen LogP contribution in [-0.2, 0) is 14.3 Å². The standard InChI is InChI=1S/C26H32N4O4/c1-19-6-4-7-21(16-19)30-18-20(17-24(30)31)25(32)28-23-9-3-2-8-22(23)26(33)27-10-5-11-29-12-14-34-15-13-29/h2-4,6-9,16,20H,5,10-15,17-18H2,1H3,(H,27,33)(H,28,32)/t20-/m0/s1. The van der Waals surface area contributed by atoms with Gasteiger partial charge in [-0.1, -0.05) is 24.3 Å². The van der Waals surface area contributed by atoms with Crippen molar-refractivity contribution in [2.45, 2.75) is 19.8 Å². The highest BCUT2D eigenvalue weighted by Gasteiger charge is 2.35. The fraction of sp³-hybridized carbons (Fsp3) is 0.423. The first-order chi connectivity index (χ1) is 16.5. The third-order valence-electron chi connectivity index (χ3n) is 6.28. The van der Waals surface area contributed by atoms with Gasteiger partial charge in [0, 0.05) is 38.3 Å². The minimum absolute atomic E-state index is 0.0722. The Hall–Kier alpha value is -3.23. The number of hydrogen-bond donors (Lipinski definition) is 2. The van der Waals surface area contributed by atoms with E-state index in [2.05, 4.69) is 15.5 Å². The summed E-state index contributed by atoms with van der Waals surface area (Å²) in [6.45, 7) is 7.13. The molecule has 0 unspecified atom stereocenters. The summed E-state index contributed by atoms with van der Waals surface area (Å²) in [5.74, 6) is -1.02. The maximum absolute atomic E-state index is 13.0. The molecule has 0 bridgehead atoms. The van der Waals surface area contributed by atoms with E-state index in [-0.39, 0.29) is 24.1 Å². The maximum atomic E-state index is 13.0. The first-order valence-corrected chi connectivity index (χ1v) is 11.9. The monoisotopic (exact) mass is 464 g/mol. The summed E-state index contributed by atoms with van der Waals surface area (Å²) >= 11 is 0. The third kappa shape index (κ3) is 6.01. The molecule has 2 N–H and O–H groups in total. The van der Waals surface area contributed by atoms with Gasteiger partial charge in [-0.25, -0.2) is 0 Å². The van der Waals surface area contributed by atoms with Crippen LogP contribution in [0, 0.1) is 12.8 Å². The minimum atomic E-state index is -0.474. The minimum Gasteiger partial charge on any atom is -0.379 e. The summed E-state index contributed by atoms with van der Waals surface area (Å²) in [5.41, 5.74) is 2.74. The largest absolute Gasteiger partial charge is 0.379 e. The van der Waals surface area contributed by atoms with Gasteiger partial charge < -0.3 is 20.3 Å². The van der Waals surface area contributed by atoms with Crippen LogP contribution in [0.5, 0.6) is 0 Å². The van der Waals surface area contributed by atoms with Gasteiger partial charge in [0.05, 0.1) is 30.4 Å². The summed E-state index contributed by atoms with van der Waals surface area (Å²) < 4.78 is 5.36. The van der Waals surface area contributed by atoms with Gasteiger partial charge in [0.2, 0.25) is 11.8 Å². The van der Waals surface area contributed by atoms with Gasteiger partial charge in [0.1, 0.15) is 0 Å². The highest BCUT2D eigenvalue weighted by Crippen LogP contribution is 2.27. The number of ether oxygens (including phenoxy) is 1. The second-order valence-electron chi connectivity index (χ2n) is 8.84. The number of anilines is 2. The van der Waals surface area contributed by atoms with Crippen molar-refractivity contribution in [2.24, 2.45) is 5.92 Å². The van der Waals surface area contributed by atoms with E-state index in [0.717, 1.165) is 50.5 Å². The van der Waals surface area contributed by atoms with Crippen molar-refractivity contribution >= 4 is 29.1 Å². The van der Waals surface area contributed by atoms with E-state index in [4.69, 9.17) is 4.74 Å². The van der Waals surface area contributed by atoms with E-state index in [9.17, 15) is 14.4 Å². The second kappa shape index (κ2) is 11.3. The lowest BCUT2D eigenvalue weighted by molar-refractivity contribution is -0.122. The van der Waals surface area contributed by atoms with E-state index >= 15 is 0 Å². The van der Waals surface area contributed by atoms with Crippen molar-refractivity contribution in [3.8, 4) is 0 Å². The Morgan fingerprint density at radius 1 is 1.09 bits per heavy atom. The number of hydrogen-bond acceptors (Lipinski definition) is 5. The number of amides is 3. The molecule has 0 aliphatic carbocycles. The topological polar surface area (TPSA) is 91.0 Å². The molecule has 180 valence electrons. The number of para-hydroxylation sites is 1. The molecule has 0 aromatic heterocycles. The Bertz CT molecular complexity index is 1030. The van der Waals surface area contributed by atoms with Crippen molar-refractivity contribution in [3.05, 3.63) is 59.7 Å². The lowest BCUT2D eigenvalue weighted by atomic mass is 10.1. The number of carbonyl (C=O) groups excluding carboxylic acids is 3. The molecule has 4 rings (SSSR count). The molecule has 0 radical (unpaired) electrons. The number of nitrogens with zero attached hydrogens (tertiary/aromatic N) is 2. The number of morpholine rings is 1. The van der Waals surface area contributed by atoms with Crippen LogP contribution in [0.4, 0.5) is 11.4 Å². The molecule has 2 aliphatic rings. The number of nitrogens with one attached hydrogen (secondary N) is 2.